The van der Waals surface area contributed by atoms with Crippen LogP contribution in [-0.4, -0.2) is 18.2 Å². The molecule has 0 unspecified atom stereocenters. The van der Waals surface area contributed by atoms with Crippen LogP contribution in [0.5, 0.6) is 5.75 Å². The number of hydrogen-bond donors (Lipinski definition) is 1. The fourth-order valence-corrected chi connectivity index (χ4v) is 0.739. The normalized spacial score (nSPS) is 9.23. The van der Waals surface area contributed by atoms with Gasteiger partial charge >= 0.3 is 0 Å². The quantitative estimate of drug-likeness (QED) is 0.528. The molecule has 0 amide bonds. The van der Waals surface area contributed by atoms with Crippen molar-refractivity contribution in [1.29, 1.82) is 5.26 Å². The Labute approximate surface area is 75.7 Å². The van der Waals surface area contributed by atoms with Crippen LogP contribution in [0.4, 0.5) is 0 Å². The van der Waals surface area contributed by atoms with Gasteiger partial charge in [-0.25, -0.2) is 10.9 Å². The minimum absolute atomic E-state index is 0.319. The maximum absolute atomic E-state index is 8.45. The molecule has 0 aliphatic rings. The average molecular weight is 179 g/mol. The summed E-state index contributed by atoms with van der Waals surface area (Å²) in [6, 6.07) is 5.16. The van der Waals surface area contributed by atoms with Crippen LogP contribution in [0.1, 0.15) is 5.69 Å². The van der Waals surface area contributed by atoms with Crippen LogP contribution in [0.3, 0.4) is 0 Å². The summed E-state index contributed by atoms with van der Waals surface area (Å²) in [6.45, 7) is 0.685. The molecule has 2 N–H and O–H groups in total. The zero-order chi connectivity index (χ0) is 9.52. The first-order chi connectivity index (χ1) is 6.36. The van der Waals surface area contributed by atoms with Gasteiger partial charge in [0.1, 0.15) is 30.7 Å². The third-order valence-electron chi connectivity index (χ3n) is 1.32. The number of rotatable bonds is 4. The van der Waals surface area contributed by atoms with E-state index < -0.39 is 0 Å². The molecule has 0 saturated heterocycles. The molecule has 1 aromatic rings. The molecule has 1 heterocycles. The van der Waals surface area contributed by atoms with Crippen LogP contribution >= 0.6 is 0 Å². The highest BCUT2D eigenvalue weighted by Crippen LogP contribution is 2.07. The van der Waals surface area contributed by atoms with Crippen molar-refractivity contribution in [3.05, 3.63) is 24.0 Å². The van der Waals surface area contributed by atoms with Crippen LogP contribution in [0, 0.1) is 11.3 Å². The third kappa shape index (κ3) is 3.07. The van der Waals surface area contributed by atoms with Crippen molar-refractivity contribution in [3.63, 3.8) is 0 Å². The largest absolute Gasteiger partial charge is 0.489 e. The second-order valence-corrected chi connectivity index (χ2v) is 2.21. The molecule has 0 aromatic carbocycles. The standard InChI is InChI=1S/C8H9N3O2/c9-5-7-1-2-8(6-11-7)12-3-4-13-10/h1-2,6H,3-4,10H2. The SMILES string of the molecule is N#Cc1ccc(OCCON)cn1. The van der Waals surface area contributed by atoms with E-state index in [9.17, 15) is 0 Å². The summed E-state index contributed by atoms with van der Waals surface area (Å²) in [5, 5.41) is 8.45. The van der Waals surface area contributed by atoms with Gasteiger partial charge in [0.15, 0.2) is 0 Å². The summed E-state index contributed by atoms with van der Waals surface area (Å²) >= 11 is 0. The fraction of sp³-hybridized carbons (Fsp3) is 0.250. The third-order valence-corrected chi connectivity index (χ3v) is 1.32. The van der Waals surface area contributed by atoms with Crippen molar-refractivity contribution in [2.75, 3.05) is 13.2 Å². The molecule has 5 heteroatoms. The molecule has 0 aliphatic heterocycles. The second kappa shape index (κ2) is 5.09. The van der Waals surface area contributed by atoms with Crippen LogP contribution < -0.4 is 10.6 Å². The fourth-order valence-electron chi connectivity index (χ4n) is 0.739. The van der Waals surface area contributed by atoms with Gasteiger partial charge in [-0.05, 0) is 12.1 Å². The first-order valence-corrected chi connectivity index (χ1v) is 3.67. The van der Waals surface area contributed by atoms with Crippen molar-refractivity contribution in [3.8, 4) is 11.8 Å². The highest BCUT2D eigenvalue weighted by molar-refractivity contribution is 5.26. The molecule has 1 aromatic heterocycles. The molecular weight excluding hydrogens is 170 g/mol. The smallest absolute Gasteiger partial charge is 0.140 e. The van der Waals surface area contributed by atoms with Crippen LogP contribution in [0.2, 0.25) is 0 Å². The minimum Gasteiger partial charge on any atom is -0.489 e. The van der Waals surface area contributed by atoms with Crippen molar-refractivity contribution in [2.24, 2.45) is 5.90 Å². The lowest BCUT2D eigenvalue weighted by Gasteiger charge is -2.03. The molecule has 13 heavy (non-hydrogen) atoms. The number of nitriles is 1. The molecule has 0 aliphatic carbocycles. The van der Waals surface area contributed by atoms with Gasteiger partial charge in [0, 0.05) is 0 Å². The van der Waals surface area contributed by atoms with Gasteiger partial charge < -0.3 is 9.57 Å². The second-order valence-electron chi connectivity index (χ2n) is 2.21. The maximum Gasteiger partial charge on any atom is 0.140 e. The molecule has 68 valence electrons. The van der Waals surface area contributed by atoms with Gasteiger partial charge in [-0.1, -0.05) is 0 Å². The van der Waals surface area contributed by atoms with E-state index in [1.165, 1.54) is 6.20 Å². The van der Waals surface area contributed by atoms with E-state index >= 15 is 0 Å². The summed E-state index contributed by atoms with van der Waals surface area (Å²) in [5.74, 6) is 5.39. The molecule has 0 atom stereocenters. The number of nitrogens with two attached hydrogens (primary N) is 1. The van der Waals surface area contributed by atoms with Gasteiger partial charge in [-0.15, -0.1) is 0 Å². The molecule has 5 nitrogen and oxygen atoms in total. The molecule has 0 fully saturated rings. The van der Waals surface area contributed by atoms with E-state index in [1.807, 2.05) is 6.07 Å². The Morgan fingerprint density at radius 1 is 1.46 bits per heavy atom. The van der Waals surface area contributed by atoms with Gasteiger partial charge in [0.2, 0.25) is 0 Å². The van der Waals surface area contributed by atoms with E-state index in [1.54, 1.807) is 12.1 Å². The Hall–Kier alpha value is -1.64. The first-order valence-electron chi connectivity index (χ1n) is 3.67. The van der Waals surface area contributed by atoms with Crippen LogP contribution in [-0.2, 0) is 4.84 Å². The van der Waals surface area contributed by atoms with Gasteiger partial charge in [0.25, 0.3) is 0 Å². The summed E-state index contributed by atoms with van der Waals surface area (Å²) < 4.78 is 5.17. The Morgan fingerprint density at radius 3 is 2.85 bits per heavy atom. The highest BCUT2D eigenvalue weighted by Gasteiger charge is 1.94. The number of aromatic nitrogens is 1. The summed E-state index contributed by atoms with van der Waals surface area (Å²) in [5.41, 5.74) is 0.363. The highest BCUT2D eigenvalue weighted by atomic mass is 16.6. The van der Waals surface area contributed by atoms with Crippen molar-refractivity contribution >= 4 is 0 Å². The van der Waals surface area contributed by atoms with Crippen molar-refractivity contribution in [1.82, 2.24) is 4.98 Å². The average Bonchev–Trinajstić information content (AvgIpc) is 2.19. The zero-order valence-electron chi connectivity index (χ0n) is 6.93. The van der Waals surface area contributed by atoms with Gasteiger partial charge in [0.05, 0.1) is 6.20 Å². The minimum atomic E-state index is 0.319. The number of ether oxygens (including phenoxy) is 1. The van der Waals surface area contributed by atoms with Crippen molar-refractivity contribution in [2.45, 2.75) is 0 Å². The molecule has 0 bridgehead atoms. The molecular formula is C8H9N3O2. The molecule has 0 spiro atoms. The summed E-state index contributed by atoms with van der Waals surface area (Å²) in [7, 11) is 0. The van der Waals surface area contributed by atoms with E-state index in [4.69, 9.17) is 15.9 Å². The predicted octanol–water partition coefficient (Wildman–Crippen LogP) is 0.222. The Kier molecular flexibility index (Phi) is 3.70. The Morgan fingerprint density at radius 2 is 2.31 bits per heavy atom. The van der Waals surface area contributed by atoms with E-state index in [2.05, 4.69) is 9.82 Å². The molecule has 0 radical (unpaired) electrons. The molecule has 0 saturated carbocycles. The van der Waals surface area contributed by atoms with Gasteiger partial charge in [-0.2, -0.15) is 5.26 Å². The maximum atomic E-state index is 8.45. The summed E-state index contributed by atoms with van der Waals surface area (Å²) in [6.07, 6.45) is 1.48. The monoisotopic (exact) mass is 179 g/mol. The zero-order valence-corrected chi connectivity index (χ0v) is 6.93. The first kappa shape index (κ1) is 9.45. The number of hydrogen-bond acceptors (Lipinski definition) is 5. The Balaban J connectivity index is 2.46. The topological polar surface area (TPSA) is 81.2 Å². The van der Waals surface area contributed by atoms with E-state index in [0.29, 0.717) is 24.7 Å². The summed E-state index contributed by atoms with van der Waals surface area (Å²) in [4.78, 5) is 8.13. The number of pyridine rings is 1. The lowest BCUT2D eigenvalue weighted by Crippen LogP contribution is -2.10. The van der Waals surface area contributed by atoms with Crippen LogP contribution in [0.15, 0.2) is 18.3 Å². The van der Waals surface area contributed by atoms with Crippen LogP contribution in [0.25, 0.3) is 0 Å². The lowest BCUT2D eigenvalue weighted by atomic mass is 10.4. The van der Waals surface area contributed by atoms with E-state index in [0.717, 1.165) is 0 Å². The lowest BCUT2D eigenvalue weighted by molar-refractivity contribution is 0.102. The van der Waals surface area contributed by atoms with Gasteiger partial charge in [-0.3, -0.25) is 0 Å². The number of nitrogens with zero attached hydrogens (tertiary/aromatic N) is 2. The predicted molar refractivity (Wildman–Crippen MR) is 44.6 cm³/mol. The van der Waals surface area contributed by atoms with E-state index in [-0.39, 0.29) is 0 Å². The van der Waals surface area contributed by atoms with Crippen molar-refractivity contribution < 1.29 is 9.57 Å². The Bertz CT molecular complexity index is 291. The molecule has 1 rings (SSSR count).